The normalized spacial score (nSPS) is 13.2. The molecule has 4 nitrogen and oxygen atoms in total. The lowest BCUT2D eigenvalue weighted by Gasteiger charge is -2.15. The first-order valence-electron chi connectivity index (χ1n) is 4.88. The van der Waals surface area contributed by atoms with Crippen LogP contribution < -0.4 is 11.1 Å². The molecule has 0 aliphatic heterocycles. The highest BCUT2D eigenvalue weighted by atomic mass is 19.4. The van der Waals surface area contributed by atoms with E-state index in [1.165, 1.54) is 25.1 Å². The van der Waals surface area contributed by atoms with Crippen LogP contribution in [0.25, 0.3) is 0 Å². The number of rotatable bonds is 3. The molecule has 7 heteroatoms. The lowest BCUT2D eigenvalue weighted by atomic mass is 10.2. The van der Waals surface area contributed by atoms with Gasteiger partial charge in [-0.3, -0.25) is 4.79 Å². The smallest absolute Gasteiger partial charge is 0.384 e. The highest BCUT2D eigenvalue weighted by Crippen LogP contribution is 2.21. The second-order valence-electron chi connectivity index (χ2n) is 3.64. The highest BCUT2D eigenvalue weighted by Gasteiger charge is 2.30. The average Bonchev–Trinajstić information content (AvgIpc) is 2.14. The molecule has 1 unspecified atom stereocenters. The van der Waals surface area contributed by atoms with Gasteiger partial charge in [0.2, 0.25) is 0 Å². The Kier molecular flexibility index (Phi) is 3.93. The van der Waals surface area contributed by atoms with Gasteiger partial charge in [0.25, 0.3) is 5.91 Å². The standard InChI is InChI=1S/C10H12F3N3O/c1-6(5-10(11,12)13)15-9(17)7-3-2-4-8(14)16-7/h2-4,6H,5H2,1H3,(H2,14,16)(H,15,17). The molecule has 94 valence electrons. The summed E-state index contributed by atoms with van der Waals surface area (Å²) in [5.74, 6) is -0.532. The van der Waals surface area contributed by atoms with E-state index in [9.17, 15) is 18.0 Å². The Balaban J connectivity index is 2.61. The van der Waals surface area contributed by atoms with E-state index in [4.69, 9.17) is 5.73 Å². The molecule has 0 fully saturated rings. The molecule has 1 aromatic rings. The molecule has 1 heterocycles. The van der Waals surface area contributed by atoms with Gasteiger partial charge in [0.15, 0.2) is 0 Å². The maximum Gasteiger partial charge on any atom is 0.391 e. The number of pyridine rings is 1. The van der Waals surface area contributed by atoms with Crippen molar-refractivity contribution in [3.63, 3.8) is 0 Å². The minimum Gasteiger partial charge on any atom is -0.384 e. The summed E-state index contributed by atoms with van der Waals surface area (Å²) in [6, 6.07) is 3.36. The van der Waals surface area contributed by atoms with Crippen LogP contribution in [0.15, 0.2) is 18.2 Å². The zero-order valence-corrected chi connectivity index (χ0v) is 9.08. The molecule has 0 aliphatic carbocycles. The minimum atomic E-state index is -4.31. The lowest BCUT2D eigenvalue weighted by molar-refractivity contribution is -0.138. The summed E-state index contributed by atoms with van der Waals surface area (Å²) in [4.78, 5) is 15.2. The first kappa shape index (κ1) is 13.3. The number of alkyl halides is 3. The third kappa shape index (κ3) is 4.71. The molecule has 1 aromatic heterocycles. The molecular formula is C10H12F3N3O. The summed E-state index contributed by atoms with van der Waals surface area (Å²) < 4.78 is 36.1. The number of carbonyl (C=O) groups is 1. The van der Waals surface area contributed by atoms with Gasteiger partial charge in [-0.15, -0.1) is 0 Å². The predicted octanol–water partition coefficient (Wildman–Crippen LogP) is 1.73. The number of hydrogen-bond donors (Lipinski definition) is 2. The molecule has 0 spiro atoms. The van der Waals surface area contributed by atoms with Crippen LogP contribution in [-0.2, 0) is 0 Å². The largest absolute Gasteiger partial charge is 0.391 e. The van der Waals surface area contributed by atoms with E-state index in [2.05, 4.69) is 10.3 Å². The number of aromatic nitrogens is 1. The number of nitrogen functional groups attached to an aromatic ring is 1. The fourth-order valence-corrected chi connectivity index (χ4v) is 1.27. The molecule has 1 rings (SSSR count). The van der Waals surface area contributed by atoms with Gasteiger partial charge in [-0.25, -0.2) is 4.98 Å². The van der Waals surface area contributed by atoms with Crippen LogP contribution in [0.1, 0.15) is 23.8 Å². The van der Waals surface area contributed by atoms with E-state index in [-0.39, 0.29) is 11.5 Å². The number of amides is 1. The van der Waals surface area contributed by atoms with Gasteiger partial charge in [0.05, 0.1) is 6.42 Å². The van der Waals surface area contributed by atoms with Crippen LogP contribution in [0.5, 0.6) is 0 Å². The van der Waals surface area contributed by atoms with Crippen molar-refractivity contribution in [3.05, 3.63) is 23.9 Å². The Labute approximate surface area is 96.0 Å². The van der Waals surface area contributed by atoms with Crippen LogP contribution in [0.3, 0.4) is 0 Å². The number of hydrogen-bond acceptors (Lipinski definition) is 3. The van der Waals surface area contributed by atoms with E-state index in [1.807, 2.05) is 0 Å². The van der Waals surface area contributed by atoms with Gasteiger partial charge in [-0.05, 0) is 19.1 Å². The van der Waals surface area contributed by atoms with Crippen molar-refractivity contribution in [1.29, 1.82) is 0 Å². The molecule has 1 atom stereocenters. The van der Waals surface area contributed by atoms with Crippen molar-refractivity contribution in [1.82, 2.24) is 10.3 Å². The molecule has 0 radical (unpaired) electrons. The number of anilines is 1. The van der Waals surface area contributed by atoms with E-state index in [0.29, 0.717) is 0 Å². The number of carbonyl (C=O) groups excluding carboxylic acids is 1. The summed E-state index contributed by atoms with van der Waals surface area (Å²) in [7, 11) is 0. The SMILES string of the molecule is CC(CC(F)(F)F)NC(=O)c1cccc(N)n1. The van der Waals surface area contributed by atoms with Crippen molar-refractivity contribution < 1.29 is 18.0 Å². The van der Waals surface area contributed by atoms with Crippen molar-refractivity contribution in [2.45, 2.75) is 25.6 Å². The van der Waals surface area contributed by atoms with Gasteiger partial charge in [-0.2, -0.15) is 13.2 Å². The van der Waals surface area contributed by atoms with E-state index in [0.717, 1.165) is 0 Å². The Bertz CT molecular complexity index is 406. The molecular weight excluding hydrogens is 235 g/mol. The van der Waals surface area contributed by atoms with Crippen molar-refractivity contribution in [3.8, 4) is 0 Å². The molecule has 0 saturated carbocycles. The van der Waals surface area contributed by atoms with Crippen LogP contribution >= 0.6 is 0 Å². The first-order chi connectivity index (χ1) is 7.78. The van der Waals surface area contributed by atoms with Crippen LogP contribution in [0, 0.1) is 0 Å². The Morgan fingerprint density at radius 1 is 1.53 bits per heavy atom. The molecule has 17 heavy (non-hydrogen) atoms. The molecule has 0 bridgehead atoms. The van der Waals surface area contributed by atoms with E-state index >= 15 is 0 Å². The summed E-state index contributed by atoms with van der Waals surface area (Å²) in [5.41, 5.74) is 5.36. The fourth-order valence-electron chi connectivity index (χ4n) is 1.27. The highest BCUT2D eigenvalue weighted by molar-refractivity contribution is 5.92. The fraction of sp³-hybridized carbons (Fsp3) is 0.400. The third-order valence-corrected chi connectivity index (χ3v) is 1.92. The molecule has 3 N–H and O–H groups in total. The third-order valence-electron chi connectivity index (χ3n) is 1.92. The second kappa shape index (κ2) is 5.03. The van der Waals surface area contributed by atoms with E-state index in [1.54, 1.807) is 0 Å². The van der Waals surface area contributed by atoms with Crippen LogP contribution in [0.2, 0.25) is 0 Å². The van der Waals surface area contributed by atoms with Gasteiger partial charge in [0, 0.05) is 6.04 Å². The lowest BCUT2D eigenvalue weighted by Crippen LogP contribution is -2.36. The van der Waals surface area contributed by atoms with Crippen molar-refractivity contribution in [2.75, 3.05) is 5.73 Å². The zero-order valence-electron chi connectivity index (χ0n) is 9.08. The Morgan fingerprint density at radius 3 is 2.71 bits per heavy atom. The topological polar surface area (TPSA) is 68.0 Å². The summed E-state index contributed by atoms with van der Waals surface area (Å²) in [5, 5.41) is 2.20. The summed E-state index contributed by atoms with van der Waals surface area (Å²) >= 11 is 0. The molecule has 0 aliphatic rings. The Hall–Kier alpha value is -1.79. The number of halogens is 3. The summed E-state index contributed by atoms with van der Waals surface area (Å²) in [6.45, 7) is 1.28. The van der Waals surface area contributed by atoms with Crippen molar-refractivity contribution >= 4 is 11.7 Å². The summed E-state index contributed by atoms with van der Waals surface area (Å²) in [6.07, 6.45) is -5.39. The monoisotopic (exact) mass is 247 g/mol. The van der Waals surface area contributed by atoms with Crippen LogP contribution in [0.4, 0.5) is 19.0 Å². The van der Waals surface area contributed by atoms with Crippen LogP contribution in [-0.4, -0.2) is 23.1 Å². The predicted molar refractivity (Wildman–Crippen MR) is 56.2 cm³/mol. The Morgan fingerprint density at radius 2 is 2.18 bits per heavy atom. The second-order valence-corrected chi connectivity index (χ2v) is 3.64. The quantitative estimate of drug-likeness (QED) is 0.854. The number of nitrogens with one attached hydrogen (secondary N) is 1. The molecule has 0 saturated heterocycles. The average molecular weight is 247 g/mol. The van der Waals surface area contributed by atoms with E-state index < -0.39 is 24.5 Å². The first-order valence-corrected chi connectivity index (χ1v) is 4.88. The number of nitrogens with two attached hydrogens (primary N) is 1. The van der Waals surface area contributed by atoms with Gasteiger partial charge in [0.1, 0.15) is 11.5 Å². The minimum absolute atomic E-state index is 0.000903. The zero-order chi connectivity index (χ0) is 13.1. The molecule has 1 amide bonds. The maximum atomic E-state index is 12.0. The van der Waals surface area contributed by atoms with Gasteiger partial charge < -0.3 is 11.1 Å². The molecule has 0 aromatic carbocycles. The number of nitrogens with zero attached hydrogens (tertiary/aromatic N) is 1. The maximum absolute atomic E-state index is 12.0. The van der Waals surface area contributed by atoms with Crippen molar-refractivity contribution in [2.24, 2.45) is 0 Å². The van der Waals surface area contributed by atoms with Gasteiger partial charge >= 0.3 is 6.18 Å². The van der Waals surface area contributed by atoms with Gasteiger partial charge in [-0.1, -0.05) is 6.07 Å².